The number of hydrogen-bond donors (Lipinski definition) is 1. The van der Waals surface area contributed by atoms with Crippen molar-refractivity contribution >= 4 is 17.3 Å². The number of nitrogens with one attached hydrogen (secondary N) is 1. The molecule has 0 aliphatic rings. The fourth-order valence-corrected chi connectivity index (χ4v) is 1.74. The summed E-state index contributed by atoms with van der Waals surface area (Å²) in [7, 11) is 1.60. The number of carbonyl (C=O) groups excluding carboxylic acids is 1. The Labute approximate surface area is 117 Å². The molecule has 0 aliphatic heterocycles. The van der Waals surface area contributed by atoms with Crippen LogP contribution in [0.3, 0.4) is 0 Å². The van der Waals surface area contributed by atoms with Crippen LogP contribution in [0, 0.1) is 0 Å². The molecule has 0 fully saturated rings. The van der Waals surface area contributed by atoms with Crippen molar-refractivity contribution in [2.75, 3.05) is 19.0 Å². The molecule has 104 valence electrons. The Hall–Kier alpha value is -2.56. The molecular formula is C15H16N2O3. The number of methoxy groups -OCH3 is 1. The van der Waals surface area contributed by atoms with E-state index in [-0.39, 0.29) is 5.97 Å². The molecule has 20 heavy (non-hydrogen) atoms. The Morgan fingerprint density at radius 2 is 2.10 bits per heavy atom. The van der Waals surface area contributed by atoms with E-state index in [0.29, 0.717) is 23.6 Å². The maximum atomic E-state index is 11.7. The van der Waals surface area contributed by atoms with Gasteiger partial charge in [0.15, 0.2) is 0 Å². The van der Waals surface area contributed by atoms with Crippen LogP contribution in [-0.2, 0) is 4.74 Å². The molecule has 5 heteroatoms. The molecule has 0 bridgehead atoms. The van der Waals surface area contributed by atoms with E-state index in [1.807, 2.05) is 24.3 Å². The summed E-state index contributed by atoms with van der Waals surface area (Å²) in [5.41, 5.74) is 1.91. The molecule has 2 rings (SSSR count). The fraction of sp³-hybridized carbons (Fsp3) is 0.200. The Bertz CT molecular complexity index is 599. The van der Waals surface area contributed by atoms with Crippen LogP contribution in [0.1, 0.15) is 17.3 Å². The zero-order valence-electron chi connectivity index (χ0n) is 11.4. The van der Waals surface area contributed by atoms with Gasteiger partial charge in [-0.15, -0.1) is 0 Å². The number of para-hydroxylation sites is 2. The SMILES string of the molecule is CCOC(=O)c1cncc(Nc2ccccc2OC)c1. The van der Waals surface area contributed by atoms with Crippen molar-refractivity contribution < 1.29 is 14.3 Å². The zero-order chi connectivity index (χ0) is 14.4. The van der Waals surface area contributed by atoms with Crippen molar-refractivity contribution in [2.24, 2.45) is 0 Å². The Kier molecular flexibility index (Phi) is 4.55. The molecule has 0 spiro atoms. The molecule has 0 atom stereocenters. The van der Waals surface area contributed by atoms with Crippen LogP contribution in [0.5, 0.6) is 5.75 Å². The number of anilines is 2. The number of benzene rings is 1. The van der Waals surface area contributed by atoms with Crippen LogP contribution in [-0.4, -0.2) is 24.7 Å². The van der Waals surface area contributed by atoms with Gasteiger partial charge in [0, 0.05) is 6.20 Å². The number of ether oxygens (including phenoxy) is 2. The molecular weight excluding hydrogens is 256 g/mol. The van der Waals surface area contributed by atoms with E-state index in [1.54, 1.807) is 26.3 Å². The number of hydrogen-bond acceptors (Lipinski definition) is 5. The third-order valence-corrected chi connectivity index (χ3v) is 2.64. The van der Waals surface area contributed by atoms with Gasteiger partial charge in [-0.2, -0.15) is 0 Å². The van der Waals surface area contributed by atoms with E-state index in [2.05, 4.69) is 10.3 Å². The smallest absolute Gasteiger partial charge is 0.339 e. The molecule has 0 saturated carbocycles. The number of carbonyl (C=O) groups is 1. The lowest BCUT2D eigenvalue weighted by molar-refractivity contribution is 0.0526. The maximum absolute atomic E-state index is 11.7. The first-order valence-electron chi connectivity index (χ1n) is 6.26. The van der Waals surface area contributed by atoms with Crippen molar-refractivity contribution in [3.05, 3.63) is 48.3 Å². The minimum atomic E-state index is -0.385. The first-order chi connectivity index (χ1) is 9.74. The molecule has 0 aliphatic carbocycles. The highest BCUT2D eigenvalue weighted by Gasteiger charge is 2.08. The molecule has 2 aromatic rings. The van der Waals surface area contributed by atoms with Crippen molar-refractivity contribution in [1.29, 1.82) is 0 Å². The van der Waals surface area contributed by atoms with Crippen LogP contribution in [0.2, 0.25) is 0 Å². The van der Waals surface area contributed by atoms with Crippen LogP contribution in [0.15, 0.2) is 42.7 Å². The van der Waals surface area contributed by atoms with E-state index in [4.69, 9.17) is 9.47 Å². The minimum absolute atomic E-state index is 0.336. The summed E-state index contributed by atoms with van der Waals surface area (Å²) in [6, 6.07) is 9.21. The Balaban J connectivity index is 2.21. The van der Waals surface area contributed by atoms with Crippen molar-refractivity contribution in [3.8, 4) is 5.75 Å². The summed E-state index contributed by atoms with van der Waals surface area (Å²) in [5.74, 6) is 0.331. The number of rotatable bonds is 5. The average molecular weight is 272 g/mol. The quantitative estimate of drug-likeness (QED) is 0.848. The molecule has 1 N–H and O–H groups in total. The molecule has 5 nitrogen and oxygen atoms in total. The van der Waals surface area contributed by atoms with Gasteiger partial charge in [-0.1, -0.05) is 12.1 Å². The summed E-state index contributed by atoms with van der Waals surface area (Å²) in [5, 5.41) is 3.17. The van der Waals surface area contributed by atoms with Crippen LogP contribution in [0.25, 0.3) is 0 Å². The van der Waals surface area contributed by atoms with Crippen molar-refractivity contribution in [2.45, 2.75) is 6.92 Å². The molecule has 0 amide bonds. The lowest BCUT2D eigenvalue weighted by Gasteiger charge is -2.11. The molecule has 1 aromatic heterocycles. The number of esters is 1. The third-order valence-electron chi connectivity index (χ3n) is 2.64. The van der Waals surface area contributed by atoms with E-state index in [0.717, 1.165) is 5.69 Å². The van der Waals surface area contributed by atoms with Gasteiger partial charge in [-0.25, -0.2) is 4.79 Å². The van der Waals surface area contributed by atoms with Gasteiger partial charge in [-0.3, -0.25) is 4.98 Å². The van der Waals surface area contributed by atoms with Crippen LogP contribution in [0.4, 0.5) is 11.4 Å². The van der Waals surface area contributed by atoms with Crippen molar-refractivity contribution in [3.63, 3.8) is 0 Å². The van der Waals surface area contributed by atoms with Gasteiger partial charge in [0.1, 0.15) is 5.75 Å². The topological polar surface area (TPSA) is 60.5 Å². The maximum Gasteiger partial charge on any atom is 0.339 e. The summed E-state index contributed by atoms with van der Waals surface area (Å²) >= 11 is 0. The normalized spacial score (nSPS) is 9.90. The van der Waals surface area contributed by atoms with E-state index in [9.17, 15) is 4.79 Å². The summed E-state index contributed by atoms with van der Waals surface area (Å²) in [4.78, 5) is 15.7. The largest absolute Gasteiger partial charge is 0.495 e. The van der Waals surface area contributed by atoms with Gasteiger partial charge in [-0.05, 0) is 25.1 Å². The van der Waals surface area contributed by atoms with E-state index >= 15 is 0 Å². The number of aromatic nitrogens is 1. The highest BCUT2D eigenvalue weighted by atomic mass is 16.5. The predicted molar refractivity (Wildman–Crippen MR) is 76.5 cm³/mol. The average Bonchev–Trinajstić information content (AvgIpc) is 2.48. The first kappa shape index (κ1) is 13.9. The van der Waals surface area contributed by atoms with Gasteiger partial charge in [0.2, 0.25) is 0 Å². The lowest BCUT2D eigenvalue weighted by atomic mass is 10.2. The van der Waals surface area contributed by atoms with Gasteiger partial charge in [0.25, 0.3) is 0 Å². The Morgan fingerprint density at radius 3 is 2.85 bits per heavy atom. The highest BCUT2D eigenvalue weighted by Crippen LogP contribution is 2.26. The van der Waals surface area contributed by atoms with Gasteiger partial charge >= 0.3 is 5.97 Å². The van der Waals surface area contributed by atoms with Crippen LogP contribution < -0.4 is 10.1 Å². The van der Waals surface area contributed by atoms with Crippen molar-refractivity contribution in [1.82, 2.24) is 4.98 Å². The second-order valence-electron chi connectivity index (χ2n) is 4.01. The molecule has 0 radical (unpaired) electrons. The Morgan fingerprint density at radius 1 is 1.30 bits per heavy atom. The zero-order valence-corrected chi connectivity index (χ0v) is 11.4. The molecule has 1 aromatic carbocycles. The minimum Gasteiger partial charge on any atom is -0.495 e. The van der Waals surface area contributed by atoms with Crippen LogP contribution >= 0.6 is 0 Å². The van der Waals surface area contributed by atoms with E-state index in [1.165, 1.54) is 6.20 Å². The number of pyridine rings is 1. The monoisotopic (exact) mass is 272 g/mol. The molecule has 0 saturated heterocycles. The predicted octanol–water partition coefficient (Wildman–Crippen LogP) is 3.01. The third kappa shape index (κ3) is 3.26. The standard InChI is InChI=1S/C15H16N2O3/c1-3-20-15(18)11-8-12(10-16-9-11)17-13-6-4-5-7-14(13)19-2/h4-10,17H,3H2,1-2H3. The molecule has 1 heterocycles. The van der Waals surface area contributed by atoms with Gasteiger partial charge in [0.05, 0.1) is 36.9 Å². The molecule has 0 unspecified atom stereocenters. The summed E-state index contributed by atoms with van der Waals surface area (Å²) < 4.78 is 10.2. The second-order valence-corrected chi connectivity index (χ2v) is 4.01. The highest BCUT2D eigenvalue weighted by molar-refractivity contribution is 5.90. The van der Waals surface area contributed by atoms with Gasteiger partial charge < -0.3 is 14.8 Å². The summed E-state index contributed by atoms with van der Waals surface area (Å²) in [6.45, 7) is 2.10. The second kappa shape index (κ2) is 6.56. The number of nitrogens with zero attached hydrogens (tertiary/aromatic N) is 1. The summed E-state index contributed by atoms with van der Waals surface area (Å²) in [6.07, 6.45) is 3.11. The lowest BCUT2D eigenvalue weighted by Crippen LogP contribution is -2.05. The fourth-order valence-electron chi connectivity index (χ4n) is 1.74. The first-order valence-corrected chi connectivity index (χ1v) is 6.26. The van der Waals surface area contributed by atoms with E-state index < -0.39 is 0 Å².